The summed E-state index contributed by atoms with van der Waals surface area (Å²) in [4.78, 5) is 0.843. The number of anilines is 1. The van der Waals surface area contributed by atoms with Crippen LogP contribution in [0.25, 0.3) is 0 Å². The Bertz CT molecular complexity index is 730. The molecule has 1 aliphatic rings. The Labute approximate surface area is 139 Å². The first-order valence-electron chi connectivity index (χ1n) is 7.67. The minimum Gasteiger partial charge on any atom is -0.449 e. The standard InChI is InChI=1S/C18H21NO3S/c1-4-18(2)21-16-10-7-14(11-17(16)22-18)19-12-13-5-8-15(9-6-13)23(3)20/h5-11,19H,4,12H2,1-3H3/t18-,23-/m1/s1. The van der Waals surface area contributed by atoms with E-state index in [-0.39, 0.29) is 0 Å². The van der Waals surface area contributed by atoms with Crippen LogP contribution in [0.5, 0.6) is 11.5 Å². The van der Waals surface area contributed by atoms with E-state index >= 15 is 0 Å². The van der Waals surface area contributed by atoms with Gasteiger partial charge in [0.15, 0.2) is 11.5 Å². The van der Waals surface area contributed by atoms with Crippen molar-refractivity contribution in [2.24, 2.45) is 0 Å². The summed E-state index contributed by atoms with van der Waals surface area (Å²) in [6.45, 7) is 4.68. The molecule has 0 saturated heterocycles. The molecule has 0 radical (unpaired) electrons. The molecule has 0 spiro atoms. The molecule has 2 aromatic rings. The highest BCUT2D eigenvalue weighted by Gasteiger charge is 2.34. The second kappa shape index (κ2) is 6.24. The molecule has 3 rings (SSSR count). The third-order valence-electron chi connectivity index (χ3n) is 3.99. The Kier molecular flexibility index (Phi) is 4.31. The monoisotopic (exact) mass is 331 g/mol. The van der Waals surface area contributed by atoms with E-state index in [0.29, 0.717) is 6.54 Å². The molecule has 2 aromatic carbocycles. The molecule has 0 saturated carbocycles. The van der Waals surface area contributed by atoms with Crippen LogP contribution in [0.4, 0.5) is 5.69 Å². The van der Waals surface area contributed by atoms with E-state index in [1.165, 1.54) is 0 Å². The third-order valence-corrected chi connectivity index (χ3v) is 4.93. The van der Waals surface area contributed by atoms with Gasteiger partial charge in [0.1, 0.15) is 0 Å². The quantitative estimate of drug-likeness (QED) is 0.902. The molecule has 1 aliphatic heterocycles. The first-order valence-corrected chi connectivity index (χ1v) is 9.23. The lowest BCUT2D eigenvalue weighted by Crippen LogP contribution is -2.33. The van der Waals surface area contributed by atoms with Crippen molar-refractivity contribution in [2.45, 2.75) is 37.5 Å². The molecule has 2 atom stereocenters. The van der Waals surface area contributed by atoms with Gasteiger partial charge in [0, 0.05) is 53.6 Å². The zero-order chi connectivity index (χ0) is 16.4. The number of nitrogens with one attached hydrogen (secondary N) is 1. The Morgan fingerprint density at radius 3 is 2.43 bits per heavy atom. The van der Waals surface area contributed by atoms with Gasteiger partial charge in [-0.15, -0.1) is 0 Å². The van der Waals surface area contributed by atoms with Crippen LogP contribution in [0.1, 0.15) is 25.8 Å². The molecule has 0 aliphatic carbocycles. The third kappa shape index (κ3) is 3.50. The molecule has 0 bridgehead atoms. The van der Waals surface area contributed by atoms with Gasteiger partial charge in [0.2, 0.25) is 5.79 Å². The van der Waals surface area contributed by atoms with Gasteiger partial charge in [0.05, 0.1) is 0 Å². The second-order valence-corrected chi connectivity index (χ2v) is 7.18. The van der Waals surface area contributed by atoms with Crippen LogP contribution in [0.3, 0.4) is 0 Å². The maximum Gasteiger partial charge on any atom is 0.248 e. The van der Waals surface area contributed by atoms with Crippen molar-refractivity contribution >= 4 is 16.5 Å². The van der Waals surface area contributed by atoms with Gasteiger partial charge in [-0.25, -0.2) is 0 Å². The average molecular weight is 331 g/mol. The molecule has 4 nitrogen and oxygen atoms in total. The van der Waals surface area contributed by atoms with Crippen molar-refractivity contribution in [2.75, 3.05) is 11.6 Å². The molecule has 23 heavy (non-hydrogen) atoms. The van der Waals surface area contributed by atoms with Gasteiger partial charge < -0.3 is 14.8 Å². The number of hydrogen-bond donors (Lipinski definition) is 1. The van der Waals surface area contributed by atoms with Crippen LogP contribution in [-0.2, 0) is 17.3 Å². The van der Waals surface area contributed by atoms with Gasteiger partial charge in [-0.3, -0.25) is 4.21 Å². The number of ether oxygens (including phenoxy) is 2. The molecule has 0 aromatic heterocycles. The smallest absolute Gasteiger partial charge is 0.248 e. The molecule has 1 heterocycles. The van der Waals surface area contributed by atoms with Crippen molar-refractivity contribution in [3.8, 4) is 11.5 Å². The molecule has 5 heteroatoms. The summed E-state index contributed by atoms with van der Waals surface area (Å²) in [5, 5.41) is 3.37. The van der Waals surface area contributed by atoms with Crippen molar-refractivity contribution < 1.29 is 13.7 Å². The molecule has 0 unspecified atom stereocenters. The van der Waals surface area contributed by atoms with E-state index in [0.717, 1.165) is 34.1 Å². The van der Waals surface area contributed by atoms with Gasteiger partial charge in [-0.05, 0) is 29.8 Å². The fourth-order valence-electron chi connectivity index (χ4n) is 2.42. The van der Waals surface area contributed by atoms with Gasteiger partial charge in [-0.2, -0.15) is 0 Å². The molecule has 122 valence electrons. The first-order chi connectivity index (χ1) is 11.0. The number of rotatable bonds is 5. The van der Waals surface area contributed by atoms with Crippen LogP contribution in [0.15, 0.2) is 47.4 Å². The maximum atomic E-state index is 11.4. The zero-order valence-corrected chi connectivity index (χ0v) is 14.4. The lowest BCUT2D eigenvalue weighted by atomic mass is 10.2. The summed E-state index contributed by atoms with van der Waals surface area (Å²) < 4.78 is 23.1. The minimum atomic E-state index is -0.937. The van der Waals surface area contributed by atoms with E-state index in [2.05, 4.69) is 5.32 Å². The largest absolute Gasteiger partial charge is 0.449 e. The highest BCUT2D eigenvalue weighted by molar-refractivity contribution is 7.84. The van der Waals surface area contributed by atoms with E-state index in [1.54, 1.807) is 6.26 Å². The SMILES string of the molecule is CC[C@]1(C)Oc2ccc(NCc3ccc([S@@](C)=O)cc3)cc2O1. The van der Waals surface area contributed by atoms with Crippen molar-refractivity contribution in [1.82, 2.24) is 0 Å². The van der Waals surface area contributed by atoms with Gasteiger partial charge >= 0.3 is 0 Å². The van der Waals surface area contributed by atoms with E-state index in [1.807, 2.05) is 56.3 Å². The lowest BCUT2D eigenvalue weighted by Gasteiger charge is -2.20. The van der Waals surface area contributed by atoms with Crippen LogP contribution >= 0.6 is 0 Å². The molecule has 0 fully saturated rings. The summed E-state index contributed by atoms with van der Waals surface area (Å²) in [7, 11) is -0.937. The number of benzene rings is 2. The van der Waals surface area contributed by atoms with Crippen LogP contribution in [0, 0.1) is 0 Å². The predicted octanol–water partition coefficient (Wildman–Crippen LogP) is 3.93. The van der Waals surface area contributed by atoms with E-state index in [4.69, 9.17) is 9.47 Å². The van der Waals surface area contributed by atoms with Gasteiger partial charge in [0.25, 0.3) is 0 Å². The van der Waals surface area contributed by atoms with E-state index in [9.17, 15) is 4.21 Å². The molecule has 1 N–H and O–H groups in total. The summed E-state index contributed by atoms with van der Waals surface area (Å²) in [5.74, 6) is 0.998. The average Bonchev–Trinajstić information content (AvgIpc) is 2.89. The topological polar surface area (TPSA) is 47.6 Å². The number of hydrogen-bond acceptors (Lipinski definition) is 4. The molecular weight excluding hydrogens is 310 g/mol. The van der Waals surface area contributed by atoms with Crippen molar-refractivity contribution in [3.05, 3.63) is 48.0 Å². The minimum absolute atomic E-state index is 0.563. The fraction of sp³-hybridized carbons (Fsp3) is 0.333. The highest BCUT2D eigenvalue weighted by Crippen LogP contribution is 2.42. The first kappa shape index (κ1) is 15.9. The predicted molar refractivity (Wildman–Crippen MR) is 92.5 cm³/mol. The molecular formula is C18H21NO3S. The normalized spacial score (nSPS) is 20.3. The zero-order valence-electron chi connectivity index (χ0n) is 13.6. The van der Waals surface area contributed by atoms with Gasteiger partial charge in [-0.1, -0.05) is 19.1 Å². The Hall–Kier alpha value is -2.01. The summed E-state index contributed by atoms with van der Waals surface area (Å²) >= 11 is 0. The van der Waals surface area contributed by atoms with E-state index < -0.39 is 16.6 Å². The molecule has 0 amide bonds. The van der Waals surface area contributed by atoms with Crippen molar-refractivity contribution in [1.29, 1.82) is 0 Å². The lowest BCUT2D eigenvalue weighted by molar-refractivity contribution is -0.0640. The highest BCUT2D eigenvalue weighted by atomic mass is 32.2. The van der Waals surface area contributed by atoms with Crippen LogP contribution in [-0.4, -0.2) is 16.3 Å². The van der Waals surface area contributed by atoms with Crippen LogP contribution in [0.2, 0.25) is 0 Å². The Morgan fingerprint density at radius 2 is 1.78 bits per heavy atom. The second-order valence-electron chi connectivity index (χ2n) is 5.80. The summed E-state index contributed by atoms with van der Waals surface area (Å²) in [5.41, 5.74) is 2.12. The summed E-state index contributed by atoms with van der Waals surface area (Å²) in [6.07, 6.45) is 2.47. The fourth-order valence-corrected chi connectivity index (χ4v) is 2.93. The van der Waals surface area contributed by atoms with Crippen LogP contribution < -0.4 is 14.8 Å². The maximum absolute atomic E-state index is 11.4. The Balaban J connectivity index is 1.66. The Morgan fingerprint density at radius 1 is 1.09 bits per heavy atom. The summed E-state index contributed by atoms with van der Waals surface area (Å²) in [6, 6.07) is 13.7. The number of fused-ring (bicyclic) bond motifs is 1. The van der Waals surface area contributed by atoms with Crippen molar-refractivity contribution in [3.63, 3.8) is 0 Å².